The summed E-state index contributed by atoms with van der Waals surface area (Å²) in [7, 11) is 3.27. The number of β-amino-alcohol motifs (C(OH)–C–C–N with tert-alkyl or cyclic N) is 1. The van der Waals surface area contributed by atoms with Crippen molar-refractivity contribution in [2.45, 2.75) is 0 Å². The van der Waals surface area contributed by atoms with E-state index >= 15 is 0 Å². The first kappa shape index (κ1) is 17.3. The smallest absolute Gasteiger partial charge is 0.175 e. The molecule has 0 amide bonds. The van der Waals surface area contributed by atoms with Crippen LogP contribution in [0, 0.1) is 0 Å². The van der Waals surface area contributed by atoms with E-state index in [9.17, 15) is 0 Å². The number of benzene rings is 1. The molecule has 130 valence electrons. The fraction of sp³-hybridized carbons (Fsp3) is 0.471. The minimum atomic E-state index is 0.205. The monoisotopic (exact) mass is 395 g/mol. The largest absolute Gasteiger partial charge is 0.493 e. The summed E-state index contributed by atoms with van der Waals surface area (Å²) in [5.41, 5.74) is 0. The van der Waals surface area contributed by atoms with Gasteiger partial charge in [0.2, 0.25) is 0 Å². The Bertz CT molecular complexity index is 718. The Kier molecular flexibility index (Phi) is 5.43. The van der Waals surface area contributed by atoms with Gasteiger partial charge in [-0.05, 0) is 28.1 Å². The molecule has 0 aliphatic carbocycles. The lowest BCUT2D eigenvalue weighted by Gasteiger charge is -2.35. The lowest BCUT2D eigenvalue weighted by atomic mass is 10.1. The normalized spacial score (nSPS) is 15.8. The Morgan fingerprint density at radius 3 is 2.54 bits per heavy atom. The van der Waals surface area contributed by atoms with Crippen LogP contribution in [0.2, 0.25) is 0 Å². The van der Waals surface area contributed by atoms with Crippen LogP contribution in [0.4, 0.5) is 5.82 Å². The number of aliphatic hydroxyl groups is 1. The van der Waals surface area contributed by atoms with E-state index < -0.39 is 0 Å². The van der Waals surface area contributed by atoms with Crippen LogP contribution in [0.15, 0.2) is 22.8 Å². The van der Waals surface area contributed by atoms with E-state index in [1.165, 1.54) is 0 Å². The molecule has 0 atom stereocenters. The van der Waals surface area contributed by atoms with Crippen LogP contribution in [-0.2, 0) is 0 Å². The van der Waals surface area contributed by atoms with Crippen LogP contribution in [0.25, 0.3) is 10.8 Å². The predicted octanol–water partition coefficient (Wildman–Crippen LogP) is 2.13. The molecule has 0 bridgehead atoms. The van der Waals surface area contributed by atoms with Gasteiger partial charge in [-0.3, -0.25) is 4.90 Å². The number of ether oxygens (including phenoxy) is 2. The van der Waals surface area contributed by atoms with Crippen LogP contribution in [0.1, 0.15) is 0 Å². The topological polar surface area (TPSA) is 58.1 Å². The Labute approximate surface area is 150 Å². The summed E-state index contributed by atoms with van der Waals surface area (Å²) in [4.78, 5) is 9.17. The number of nitrogens with zero attached hydrogens (tertiary/aromatic N) is 3. The van der Waals surface area contributed by atoms with E-state index in [0.29, 0.717) is 11.5 Å². The number of hydrogen-bond donors (Lipinski definition) is 1. The molecule has 2 aromatic rings. The van der Waals surface area contributed by atoms with Crippen LogP contribution in [0.3, 0.4) is 0 Å². The standard InChI is InChI=1S/C17H22BrN3O3/c1-23-14-11-13-12(15(18)16(14)24-2)3-4-19-17(13)21-7-5-20(6-8-21)9-10-22/h3-4,11,22H,5-10H2,1-2H3. The predicted molar refractivity (Wildman–Crippen MR) is 98.3 cm³/mol. The summed E-state index contributed by atoms with van der Waals surface area (Å²) in [6.07, 6.45) is 1.83. The maximum absolute atomic E-state index is 9.08. The van der Waals surface area contributed by atoms with Gasteiger partial charge in [0, 0.05) is 49.7 Å². The highest BCUT2D eigenvalue weighted by atomic mass is 79.9. The van der Waals surface area contributed by atoms with Gasteiger partial charge in [0.05, 0.1) is 25.3 Å². The molecule has 1 aliphatic rings. The fourth-order valence-electron chi connectivity index (χ4n) is 3.14. The number of aliphatic hydroxyl groups excluding tert-OH is 1. The van der Waals surface area contributed by atoms with Crippen molar-refractivity contribution < 1.29 is 14.6 Å². The molecule has 1 saturated heterocycles. The fourth-order valence-corrected chi connectivity index (χ4v) is 3.84. The summed E-state index contributed by atoms with van der Waals surface area (Å²) < 4.78 is 11.8. The third-order valence-electron chi connectivity index (χ3n) is 4.42. The van der Waals surface area contributed by atoms with Gasteiger partial charge < -0.3 is 19.5 Å². The van der Waals surface area contributed by atoms with Crippen molar-refractivity contribution in [1.29, 1.82) is 0 Å². The second-order valence-corrected chi connectivity index (χ2v) is 6.50. The zero-order valence-corrected chi connectivity index (χ0v) is 15.5. The number of rotatable bonds is 5. The number of aromatic nitrogens is 1. The molecule has 6 nitrogen and oxygen atoms in total. The first-order valence-corrected chi connectivity index (χ1v) is 8.76. The van der Waals surface area contributed by atoms with E-state index in [1.54, 1.807) is 14.2 Å². The van der Waals surface area contributed by atoms with Crippen molar-refractivity contribution in [3.8, 4) is 11.5 Å². The number of hydrogen-bond acceptors (Lipinski definition) is 6. The lowest BCUT2D eigenvalue weighted by molar-refractivity contribution is 0.188. The highest BCUT2D eigenvalue weighted by Gasteiger charge is 2.22. The Hall–Kier alpha value is -1.57. The molecule has 1 aromatic carbocycles. The third kappa shape index (κ3) is 3.16. The number of pyridine rings is 1. The molecule has 1 fully saturated rings. The number of methoxy groups -OCH3 is 2. The molecule has 24 heavy (non-hydrogen) atoms. The van der Waals surface area contributed by atoms with E-state index in [2.05, 4.69) is 30.7 Å². The molecular formula is C17H22BrN3O3. The second kappa shape index (κ2) is 7.55. The Balaban J connectivity index is 1.99. The number of halogens is 1. The summed E-state index contributed by atoms with van der Waals surface area (Å²) in [5, 5.41) is 11.2. The summed E-state index contributed by atoms with van der Waals surface area (Å²) >= 11 is 3.63. The molecule has 0 spiro atoms. The van der Waals surface area contributed by atoms with Crippen LogP contribution in [0.5, 0.6) is 11.5 Å². The molecule has 0 unspecified atom stereocenters. The maximum atomic E-state index is 9.08. The van der Waals surface area contributed by atoms with Crippen molar-refractivity contribution in [3.05, 3.63) is 22.8 Å². The molecule has 7 heteroatoms. The van der Waals surface area contributed by atoms with Gasteiger partial charge in [-0.2, -0.15) is 0 Å². The molecule has 1 aromatic heterocycles. The van der Waals surface area contributed by atoms with Crippen LogP contribution >= 0.6 is 15.9 Å². The number of fused-ring (bicyclic) bond motifs is 1. The first-order valence-electron chi connectivity index (χ1n) is 7.97. The zero-order valence-electron chi connectivity index (χ0n) is 14.0. The Morgan fingerprint density at radius 2 is 1.92 bits per heavy atom. The van der Waals surface area contributed by atoms with Crippen LogP contribution < -0.4 is 14.4 Å². The van der Waals surface area contributed by atoms with Crippen molar-refractivity contribution in [3.63, 3.8) is 0 Å². The zero-order chi connectivity index (χ0) is 17.1. The van der Waals surface area contributed by atoms with Crippen molar-refractivity contribution in [2.75, 3.05) is 58.5 Å². The highest BCUT2D eigenvalue weighted by molar-refractivity contribution is 9.10. The average Bonchev–Trinajstić information content (AvgIpc) is 2.62. The van der Waals surface area contributed by atoms with Crippen molar-refractivity contribution in [2.24, 2.45) is 0 Å². The molecular weight excluding hydrogens is 374 g/mol. The number of piperazine rings is 1. The minimum Gasteiger partial charge on any atom is -0.493 e. The quantitative estimate of drug-likeness (QED) is 0.836. The molecule has 2 heterocycles. The SMILES string of the molecule is COc1cc2c(N3CCN(CCO)CC3)nccc2c(Br)c1OC. The third-order valence-corrected chi connectivity index (χ3v) is 5.20. The van der Waals surface area contributed by atoms with Crippen LogP contribution in [-0.4, -0.2) is 68.5 Å². The maximum Gasteiger partial charge on any atom is 0.175 e. The van der Waals surface area contributed by atoms with Gasteiger partial charge in [-0.15, -0.1) is 0 Å². The van der Waals surface area contributed by atoms with Crippen molar-refractivity contribution in [1.82, 2.24) is 9.88 Å². The van der Waals surface area contributed by atoms with Crippen molar-refractivity contribution >= 4 is 32.5 Å². The summed E-state index contributed by atoms with van der Waals surface area (Å²) in [6.45, 7) is 4.56. The highest BCUT2D eigenvalue weighted by Crippen LogP contribution is 2.43. The minimum absolute atomic E-state index is 0.205. The van der Waals surface area contributed by atoms with Gasteiger partial charge in [-0.25, -0.2) is 4.98 Å². The summed E-state index contributed by atoms with van der Waals surface area (Å²) in [6, 6.07) is 3.97. The van der Waals surface area contributed by atoms with Gasteiger partial charge in [0.25, 0.3) is 0 Å². The van der Waals surface area contributed by atoms with E-state index in [1.807, 2.05) is 18.3 Å². The summed E-state index contributed by atoms with van der Waals surface area (Å²) in [5.74, 6) is 2.33. The molecule has 1 aliphatic heterocycles. The lowest BCUT2D eigenvalue weighted by Crippen LogP contribution is -2.47. The molecule has 0 radical (unpaired) electrons. The number of anilines is 1. The van der Waals surface area contributed by atoms with Gasteiger partial charge >= 0.3 is 0 Å². The second-order valence-electron chi connectivity index (χ2n) is 5.71. The average molecular weight is 396 g/mol. The molecule has 3 rings (SSSR count). The van der Waals surface area contributed by atoms with Gasteiger partial charge in [0.1, 0.15) is 5.82 Å². The van der Waals surface area contributed by atoms with E-state index in [-0.39, 0.29) is 6.61 Å². The Morgan fingerprint density at radius 1 is 1.17 bits per heavy atom. The van der Waals surface area contributed by atoms with Gasteiger partial charge in [-0.1, -0.05) is 0 Å². The van der Waals surface area contributed by atoms with Gasteiger partial charge in [0.15, 0.2) is 11.5 Å². The van der Waals surface area contributed by atoms with E-state index in [0.717, 1.165) is 53.8 Å². The molecule has 1 N–H and O–H groups in total. The van der Waals surface area contributed by atoms with E-state index in [4.69, 9.17) is 14.6 Å². The molecule has 0 saturated carbocycles. The first-order chi connectivity index (χ1) is 11.7.